The largest absolute Gasteiger partial charge is 0.480 e. The summed E-state index contributed by atoms with van der Waals surface area (Å²) < 4.78 is 1.15. The number of nitro groups is 2. The molecule has 154 valence electrons. The standard InChI is InChI=1S/C17H12N4O6S3/c22-16(23)11-7-28-15(18-11)8-1-4-13(12(5-8)21(26)27)29-17-19-10-3-2-9(20(24)25)6-14(10)30-17/h1-6,11,15,18H,7H2,(H,22,23)/t11-,15-/m0/s1. The molecule has 1 aromatic heterocycles. The predicted molar refractivity (Wildman–Crippen MR) is 113 cm³/mol. The molecule has 30 heavy (non-hydrogen) atoms. The number of carboxylic acid groups (broad SMARTS) is 1. The molecular formula is C17H12N4O6S3. The van der Waals surface area contributed by atoms with Crippen molar-refractivity contribution in [3.8, 4) is 0 Å². The van der Waals surface area contributed by atoms with Crippen LogP contribution in [-0.4, -0.2) is 37.7 Å². The van der Waals surface area contributed by atoms with Gasteiger partial charge < -0.3 is 5.11 Å². The molecule has 0 radical (unpaired) electrons. The number of rotatable bonds is 6. The first-order chi connectivity index (χ1) is 14.3. The highest BCUT2D eigenvalue weighted by Crippen LogP contribution is 2.42. The Kier molecular flexibility index (Phi) is 5.60. The van der Waals surface area contributed by atoms with Gasteiger partial charge in [-0.2, -0.15) is 0 Å². The number of thiazole rings is 1. The fraction of sp³-hybridized carbons (Fsp3) is 0.176. The minimum atomic E-state index is -0.956. The third-order valence-corrected chi connectivity index (χ3v) is 7.73. The van der Waals surface area contributed by atoms with E-state index in [2.05, 4.69) is 10.3 Å². The molecule has 0 aliphatic carbocycles. The monoisotopic (exact) mass is 464 g/mol. The Bertz CT molecular complexity index is 1180. The second kappa shape index (κ2) is 8.18. The van der Waals surface area contributed by atoms with E-state index >= 15 is 0 Å². The molecule has 4 rings (SSSR count). The lowest BCUT2D eigenvalue weighted by Gasteiger charge is -2.12. The van der Waals surface area contributed by atoms with Crippen LogP contribution in [0, 0.1) is 20.2 Å². The van der Waals surface area contributed by atoms with Crippen LogP contribution in [0.25, 0.3) is 10.2 Å². The van der Waals surface area contributed by atoms with Crippen LogP contribution in [0.15, 0.2) is 45.6 Å². The minimum absolute atomic E-state index is 0.0423. The van der Waals surface area contributed by atoms with Crippen LogP contribution in [0.5, 0.6) is 0 Å². The van der Waals surface area contributed by atoms with Crippen LogP contribution in [0.4, 0.5) is 11.4 Å². The molecule has 0 bridgehead atoms. The number of non-ortho nitro benzene ring substituents is 1. The topological polar surface area (TPSA) is 148 Å². The summed E-state index contributed by atoms with van der Waals surface area (Å²) in [6.45, 7) is 0. The van der Waals surface area contributed by atoms with E-state index in [0.717, 1.165) is 11.8 Å². The van der Waals surface area contributed by atoms with Crippen LogP contribution in [0.2, 0.25) is 0 Å². The molecule has 0 saturated carbocycles. The van der Waals surface area contributed by atoms with Gasteiger partial charge in [0.25, 0.3) is 11.4 Å². The number of aliphatic carboxylic acids is 1. The quantitative estimate of drug-likeness (QED) is 0.404. The van der Waals surface area contributed by atoms with E-state index in [1.54, 1.807) is 18.2 Å². The Labute approximate surface area is 181 Å². The summed E-state index contributed by atoms with van der Waals surface area (Å²) in [4.78, 5) is 37.5. The number of nitrogens with zero attached hydrogens (tertiary/aromatic N) is 3. The zero-order valence-electron chi connectivity index (χ0n) is 14.9. The van der Waals surface area contributed by atoms with Gasteiger partial charge in [0.1, 0.15) is 6.04 Å². The van der Waals surface area contributed by atoms with E-state index in [1.807, 2.05) is 0 Å². The van der Waals surface area contributed by atoms with Gasteiger partial charge in [-0.05, 0) is 17.7 Å². The van der Waals surface area contributed by atoms with Crippen LogP contribution in [0.3, 0.4) is 0 Å². The fourth-order valence-corrected chi connectivity index (χ4v) is 6.24. The van der Waals surface area contributed by atoms with Crippen LogP contribution < -0.4 is 5.32 Å². The molecule has 2 N–H and O–H groups in total. The van der Waals surface area contributed by atoms with E-state index in [9.17, 15) is 25.0 Å². The molecule has 0 spiro atoms. The van der Waals surface area contributed by atoms with Crippen molar-refractivity contribution in [3.63, 3.8) is 0 Å². The van der Waals surface area contributed by atoms with E-state index in [-0.39, 0.29) is 16.7 Å². The van der Waals surface area contributed by atoms with Gasteiger partial charge in [0.2, 0.25) is 0 Å². The van der Waals surface area contributed by atoms with Crippen molar-refractivity contribution < 1.29 is 19.7 Å². The smallest absolute Gasteiger partial charge is 0.321 e. The second-order valence-corrected chi connectivity index (χ2v) is 9.70. The Hall–Kier alpha value is -2.74. The first kappa shape index (κ1) is 20.5. The summed E-state index contributed by atoms with van der Waals surface area (Å²) in [5.74, 6) is -0.579. The molecular weight excluding hydrogens is 452 g/mol. The van der Waals surface area contributed by atoms with Gasteiger partial charge in [-0.15, -0.1) is 23.1 Å². The van der Waals surface area contributed by atoms with Crippen LogP contribution in [-0.2, 0) is 4.79 Å². The molecule has 2 heterocycles. The van der Waals surface area contributed by atoms with Gasteiger partial charge in [0.15, 0.2) is 4.34 Å². The molecule has 1 aliphatic heterocycles. The van der Waals surface area contributed by atoms with E-state index in [0.29, 0.717) is 30.8 Å². The van der Waals surface area contributed by atoms with Crippen molar-refractivity contribution in [2.45, 2.75) is 20.7 Å². The summed E-state index contributed by atoms with van der Waals surface area (Å²) in [5, 5.41) is 34.3. The molecule has 2 atom stereocenters. The fourth-order valence-electron chi connectivity index (χ4n) is 2.88. The van der Waals surface area contributed by atoms with Crippen molar-refractivity contribution in [1.29, 1.82) is 0 Å². The number of hydrogen-bond donors (Lipinski definition) is 2. The predicted octanol–water partition coefficient (Wildman–Crippen LogP) is 4.05. The Morgan fingerprint density at radius 2 is 2.00 bits per heavy atom. The summed E-state index contributed by atoms with van der Waals surface area (Å²) in [6, 6.07) is 8.43. The molecule has 10 nitrogen and oxygen atoms in total. The third-order valence-electron chi connectivity index (χ3n) is 4.32. The summed E-state index contributed by atoms with van der Waals surface area (Å²) >= 11 is 3.72. The number of carbonyl (C=O) groups is 1. The van der Waals surface area contributed by atoms with E-state index in [1.165, 1.54) is 41.3 Å². The van der Waals surface area contributed by atoms with Gasteiger partial charge in [-0.3, -0.25) is 30.3 Å². The molecule has 1 aliphatic rings. The maximum Gasteiger partial charge on any atom is 0.321 e. The number of nitrogens with one attached hydrogen (secondary N) is 1. The average molecular weight is 465 g/mol. The van der Waals surface area contributed by atoms with Gasteiger partial charge in [0.05, 0.1) is 30.3 Å². The van der Waals surface area contributed by atoms with Gasteiger partial charge in [-0.1, -0.05) is 17.8 Å². The molecule has 1 fully saturated rings. The number of thioether (sulfide) groups is 1. The minimum Gasteiger partial charge on any atom is -0.480 e. The van der Waals surface area contributed by atoms with Crippen LogP contribution in [0.1, 0.15) is 10.9 Å². The molecule has 0 amide bonds. The maximum absolute atomic E-state index is 11.6. The maximum atomic E-state index is 11.6. The summed E-state index contributed by atoms with van der Waals surface area (Å²) in [5.41, 5.74) is 1.06. The van der Waals surface area contributed by atoms with Crippen LogP contribution >= 0.6 is 34.9 Å². The zero-order chi connectivity index (χ0) is 21.4. The Morgan fingerprint density at radius 3 is 2.67 bits per heavy atom. The Morgan fingerprint density at radius 1 is 1.20 bits per heavy atom. The van der Waals surface area contributed by atoms with Crippen molar-refractivity contribution in [2.24, 2.45) is 0 Å². The SMILES string of the molecule is O=C(O)[C@@H]1CS[C@@H](c2ccc(Sc3nc4ccc([N+](=O)[O-])cc4s3)c([N+](=O)[O-])c2)N1. The number of hydrogen-bond acceptors (Lipinski definition) is 10. The lowest BCUT2D eigenvalue weighted by molar-refractivity contribution is -0.387. The van der Waals surface area contributed by atoms with Gasteiger partial charge in [-0.25, -0.2) is 4.98 Å². The average Bonchev–Trinajstić information content (AvgIpc) is 3.34. The molecule has 0 unspecified atom stereocenters. The second-order valence-electron chi connectivity index (χ2n) is 6.25. The lowest BCUT2D eigenvalue weighted by atomic mass is 10.2. The summed E-state index contributed by atoms with van der Waals surface area (Å²) in [6.07, 6.45) is 0. The first-order valence-corrected chi connectivity index (χ1v) is 11.1. The van der Waals surface area contributed by atoms with Gasteiger partial charge >= 0.3 is 5.97 Å². The van der Waals surface area contributed by atoms with E-state index in [4.69, 9.17) is 5.11 Å². The van der Waals surface area contributed by atoms with Crippen molar-refractivity contribution in [3.05, 3.63) is 62.2 Å². The molecule has 13 heteroatoms. The highest BCUT2D eigenvalue weighted by molar-refractivity contribution is 8.01. The molecule has 2 aromatic carbocycles. The Balaban J connectivity index is 1.61. The van der Waals surface area contributed by atoms with E-state index < -0.39 is 21.9 Å². The highest BCUT2D eigenvalue weighted by atomic mass is 32.2. The summed E-state index contributed by atoms with van der Waals surface area (Å²) in [7, 11) is 0. The van der Waals surface area contributed by atoms with Gasteiger partial charge in [0, 0.05) is 24.0 Å². The molecule has 1 saturated heterocycles. The zero-order valence-corrected chi connectivity index (χ0v) is 17.3. The number of fused-ring (bicyclic) bond motifs is 1. The van der Waals surface area contributed by atoms with Crippen molar-refractivity contribution >= 4 is 62.4 Å². The normalized spacial score (nSPS) is 18.5. The van der Waals surface area contributed by atoms with Crippen molar-refractivity contribution in [2.75, 3.05) is 5.75 Å². The van der Waals surface area contributed by atoms with Crippen molar-refractivity contribution in [1.82, 2.24) is 10.3 Å². The molecule has 3 aromatic rings. The number of carboxylic acids is 1. The number of nitro benzene ring substituents is 2. The third kappa shape index (κ3) is 4.09. The lowest BCUT2D eigenvalue weighted by Crippen LogP contribution is -2.33. The number of benzene rings is 2. The highest BCUT2D eigenvalue weighted by Gasteiger charge is 2.31. The first-order valence-electron chi connectivity index (χ1n) is 8.43. The number of aromatic nitrogens is 1.